The molecule has 1 amide bonds. The Balaban J connectivity index is 1.89. The number of carbonyl (C=O) groups excluding carboxylic acids is 2. The number of esters is 1. The van der Waals surface area contributed by atoms with Gasteiger partial charge in [-0.1, -0.05) is 68.4 Å². The molecule has 4 aromatic rings. The van der Waals surface area contributed by atoms with Gasteiger partial charge in [0.15, 0.2) is 0 Å². The van der Waals surface area contributed by atoms with Gasteiger partial charge in [-0.15, -0.1) is 0 Å². The minimum Gasteiger partial charge on any atom is -0.497 e. The van der Waals surface area contributed by atoms with Crippen LogP contribution < -0.4 is 19.5 Å². The van der Waals surface area contributed by atoms with Crippen molar-refractivity contribution in [3.05, 3.63) is 102 Å². The highest BCUT2D eigenvalue weighted by Gasteiger charge is 2.26. The summed E-state index contributed by atoms with van der Waals surface area (Å²) in [4.78, 5) is 26.1. The SMILES string of the molecule is COc1ccc(-c2cc(CC(C(=O)N[C@H](CO)C(C)C)c3ccccc3)cc(-c3ccc(OC)cc3)c2OC(C)=O)cc1. The first-order valence-corrected chi connectivity index (χ1v) is 14.3. The van der Waals surface area contributed by atoms with Crippen molar-refractivity contribution in [2.75, 3.05) is 20.8 Å². The molecule has 0 fully saturated rings. The number of aliphatic hydroxyl groups excluding tert-OH is 1. The average Bonchev–Trinajstić information content (AvgIpc) is 3.02. The number of ether oxygens (including phenoxy) is 3. The lowest BCUT2D eigenvalue weighted by molar-refractivity contribution is -0.131. The average molecular weight is 582 g/mol. The van der Waals surface area contributed by atoms with Crippen molar-refractivity contribution >= 4 is 11.9 Å². The van der Waals surface area contributed by atoms with E-state index in [0.29, 0.717) is 34.8 Å². The molecule has 0 saturated carbocycles. The van der Waals surface area contributed by atoms with Crippen LogP contribution in [0.1, 0.15) is 37.8 Å². The Bertz CT molecular complexity index is 1450. The molecule has 0 heterocycles. The van der Waals surface area contributed by atoms with E-state index in [-0.39, 0.29) is 24.5 Å². The Morgan fingerprint density at radius 2 is 1.30 bits per heavy atom. The van der Waals surface area contributed by atoms with Gasteiger partial charge in [0.1, 0.15) is 17.2 Å². The van der Waals surface area contributed by atoms with E-state index in [9.17, 15) is 14.7 Å². The van der Waals surface area contributed by atoms with Crippen molar-refractivity contribution in [2.45, 2.75) is 39.2 Å². The lowest BCUT2D eigenvalue weighted by Crippen LogP contribution is -2.43. The molecule has 4 rings (SSSR count). The molecule has 224 valence electrons. The summed E-state index contributed by atoms with van der Waals surface area (Å²) >= 11 is 0. The molecule has 0 bridgehead atoms. The molecule has 0 radical (unpaired) electrons. The van der Waals surface area contributed by atoms with E-state index in [0.717, 1.165) is 22.3 Å². The normalized spacial score (nSPS) is 12.3. The molecule has 43 heavy (non-hydrogen) atoms. The van der Waals surface area contributed by atoms with E-state index in [1.807, 2.05) is 105 Å². The van der Waals surface area contributed by atoms with Gasteiger partial charge in [0.2, 0.25) is 5.91 Å². The van der Waals surface area contributed by atoms with Crippen LogP contribution in [0.5, 0.6) is 17.2 Å². The maximum atomic E-state index is 13.8. The van der Waals surface area contributed by atoms with Crippen LogP contribution in [0.4, 0.5) is 0 Å². The minimum absolute atomic E-state index is 0.0664. The maximum Gasteiger partial charge on any atom is 0.308 e. The summed E-state index contributed by atoms with van der Waals surface area (Å²) in [7, 11) is 3.22. The molecule has 0 aliphatic heterocycles. The van der Waals surface area contributed by atoms with Crippen molar-refractivity contribution in [3.8, 4) is 39.5 Å². The first-order valence-electron chi connectivity index (χ1n) is 14.3. The fourth-order valence-corrected chi connectivity index (χ4v) is 5.02. The highest BCUT2D eigenvalue weighted by atomic mass is 16.5. The maximum absolute atomic E-state index is 13.8. The topological polar surface area (TPSA) is 94.1 Å². The number of carbonyl (C=O) groups is 2. The molecule has 0 saturated heterocycles. The summed E-state index contributed by atoms with van der Waals surface area (Å²) in [6.07, 6.45) is 0.374. The summed E-state index contributed by atoms with van der Waals surface area (Å²) in [5, 5.41) is 13.0. The lowest BCUT2D eigenvalue weighted by atomic mass is 9.87. The minimum atomic E-state index is -0.527. The van der Waals surface area contributed by atoms with Gasteiger partial charge in [-0.05, 0) is 71.0 Å². The van der Waals surface area contributed by atoms with E-state index in [1.54, 1.807) is 14.2 Å². The van der Waals surface area contributed by atoms with Crippen LogP contribution in [0.3, 0.4) is 0 Å². The van der Waals surface area contributed by atoms with E-state index in [1.165, 1.54) is 6.92 Å². The summed E-state index contributed by atoms with van der Waals surface area (Å²) in [5.74, 6) is 0.759. The van der Waals surface area contributed by atoms with Crippen LogP contribution in [0.2, 0.25) is 0 Å². The monoisotopic (exact) mass is 581 g/mol. The molecule has 4 aromatic carbocycles. The molecule has 2 N–H and O–H groups in total. The molecule has 7 nitrogen and oxygen atoms in total. The highest BCUT2D eigenvalue weighted by molar-refractivity contribution is 5.88. The zero-order chi connectivity index (χ0) is 30.9. The number of hydrogen-bond donors (Lipinski definition) is 2. The van der Waals surface area contributed by atoms with Crippen molar-refractivity contribution in [1.82, 2.24) is 5.32 Å². The first-order chi connectivity index (χ1) is 20.7. The largest absolute Gasteiger partial charge is 0.497 e. The quantitative estimate of drug-likeness (QED) is 0.148. The van der Waals surface area contributed by atoms with Crippen LogP contribution >= 0.6 is 0 Å². The Labute approximate surface area is 253 Å². The third-order valence-corrected chi connectivity index (χ3v) is 7.48. The molecule has 0 aliphatic rings. The predicted molar refractivity (Wildman–Crippen MR) is 168 cm³/mol. The highest BCUT2D eigenvalue weighted by Crippen LogP contribution is 2.42. The second-order valence-electron chi connectivity index (χ2n) is 10.8. The number of nitrogens with one attached hydrogen (secondary N) is 1. The van der Waals surface area contributed by atoms with E-state index in [4.69, 9.17) is 14.2 Å². The number of aliphatic hydroxyl groups is 1. The van der Waals surface area contributed by atoms with Gasteiger partial charge in [0.05, 0.1) is 32.8 Å². The van der Waals surface area contributed by atoms with E-state index >= 15 is 0 Å². The summed E-state index contributed by atoms with van der Waals surface area (Å²) in [5.41, 5.74) is 4.82. The molecule has 7 heteroatoms. The molecule has 0 aliphatic carbocycles. The lowest BCUT2D eigenvalue weighted by Gasteiger charge is -2.25. The number of methoxy groups -OCH3 is 2. The van der Waals surface area contributed by atoms with E-state index < -0.39 is 11.9 Å². The van der Waals surface area contributed by atoms with Gasteiger partial charge >= 0.3 is 5.97 Å². The molecule has 0 aromatic heterocycles. The van der Waals surface area contributed by atoms with Crippen molar-refractivity contribution < 1.29 is 28.9 Å². The fourth-order valence-electron chi connectivity index (χ4n) is 5.02. The number of benzene rings is 4. The number of rotatable bonds is 12. The Morgan fingerprint density at radius 3 is 1.72 bits per heavy atom. The molecular formula is C36H39NO6. The Hall–Kier alpha value is -4.62. The van der Waals surface area contributed by atoms with Gasteiger partial charge in [-0.25, -0.2) is 0 Å². The summed E-state index contributed by atoms with van der Waals surface area (Å²) in [6.45, 7) is 5.17. The number of hydrogen-bond acceptors (Lipinski definition) is 6. The van der Waals surface area contributed by atoms with E-state index in [2.05, 4.69) is 5.32 Å². The first kappa shape index (κ1) is 31.3. The fraction of sp³-hybridized carbons (Fsp3) is 0.278. The third kappa shape index (κ3) is 7.81. The van der Waals surface area contributed by atoms with Crippen LogP contribution in [-0.2, 0) is 16.0 Å². The summed E-state index contributed by atoms with van der Waals surface area (Å²) in [6, 6.07) is 28.3. The van der Waals surface area contributed by atoms with Crippen LogP contribution in [-0.4, -0.2) is 43.9 Å². The zero-order valence-corrected chi connectivity index (χ0v) is 25.3. The van der Waals surface area contributed by atoms with Gasteiger partial charge < -0.3 is 24.6 Å². The molecule has 1 unspecified atom stereocenters. The van der Waals surface area contributed by atoms with Crippen LogP contribution in [0.15, 0.2) is 91.0 Å². The van der Waals surface area contributed by atoms with Gasteiger partial charge in [-0.3, -0.25) is 9.59 Å². The Kier molecular flexibility index (Phi) is 10.6. The summed E-state index contributed by atoms with van der Waals surface area (Å²) < 4.78 is 16.6. The van der Waals surface area contributed by atoms with Crippen LogP contribution in [0, 0.1) is 5.92 Å². The number of amides is 1. The second kappa shape index (κ2) is 14.5. The standard InChI is InChI=1S/C36H39NO6/c1-23(2)34(22-38)37-36(40)33(26-9-7-6-8-10-26)21-25-19-31(27-11-15-29(41-4)16-12-27)35(43-24(3)39)32(20-25)28-13-17-30(42-5)18-14-28/h6-20,23,33-34,38H,21-22H2,1-5H3,(H,37,40)/t33?,34-/m1/s1. The van der Waals surface area contributed by atoms with Gasteiger partial charge in [0, 0.05) is 18.1 Å². The second-order valence-corrected chi connectivity index (χ2v) is 10.8. The molecule has 2 atom stereocenters. The van der Waals surface area contributed by atoms with Crippen LogP contribution in [0.25, 0.3) is 22.3 Å². The molecular weight excluding hydrogens is 542 g/mol. The van der Waals surface area contributed by atoms with Crippen molar-refractivity contribution in [3.63, 3.8) is 0 Å². The third-order valence-electron chi connectivity index (χ3n) is 7.48. The van der Waals surface area contributed by atoms with Gasteiger partial charge in [-0.2, -0.15) is 0 Å². The predicted octanol–water partition coefficient (Wildman–Crippen LogP) is 6.42. The Morgan fingerprint density at radius 1 is 0.791 bits per heavy atom. The van der Waals surface area contributed by atoms with Crippen molar-refractivity contribution in [2.24, 2.45) is 5.92 Å². The molecule has 0 spiro atoms. The van der Waals surface area contributed by atoms with Crippen molar-refractivity contribution in [1.29, 1.82) is 0 Å². The zero-order valence-electron chi connectivity index (χ0n) is 25.3. The smallest absolute Gasteiger partial charge is 0.308 e. The van der Waals surface area contributed by atoms with Gasteiger partial charge in [0.25, 0.3) is 0 Å².